The van der Waals surface area contributed by atoms with Crippen molar-refractivity contribution < 1.29 is 0 Å². The van der Waals surface area contributed by atoms with E-state index in [-0.39, 0.29) is 6.04 Å². The van der Waals surface area contributed by atoms with Crippen LogP contribution in [-0.2, 0) is 0 Å². The average molecular weight is 186 g/mol. The predicted molar refractivity (Wildman–Crippen MR) is 57.8 cm³/mol. The van der Waals surface area contributed by atoms with Crippen LogP contribution in [0.4, 0.5) is 0 Å². The maximum atomic E-state index is 8.73. The molecule has 0 bridgehead atoms. The Morgan fingerprint density at radius 3 is 3.07 bits per heavy atom. The van der Waals surface area contributed by atoms with Gasteiger partial charge in [0.25, 0.3) is 0 Å². The number of nitrogens with zero attached hydrogens (tertiary/aromatic N) is 1. The van der Waals surface area contributed by atoms with Crippen molar-refractivity contribution in [2.24, 2.45) is 0 Å². The molecule has 0 aliphatic carbocycles. The molecular formula is C12H14N2. The first-order valence-electron chi connectivity index (χ1n) is 4.62. The quantitative estimate of drug-likeness (QED) is 0.733. The molecular weight excluding hydrogens is 172 g/mol. The molecule has 2 nitrogen and oxygen atoms in total. The molecule has 1 N–H and O–H groups in total. The standard InChI is InChI=1S/C12H14N2/c1-3-7-14-10(2)12-6-4-5-11(8-12)9-13/h3-6,8,10,14H,1,7H2,2H3. The van der Waals surface area contributed by atoms with Gasteiger partial charge in [0.05, 0.1) is 11.6 Å². The third-order valence-corrected chi connectivity index (χ3v) is 2.08. The Morgan fingerprint density at radius 2 is 2.43 bits per heavy atom. The van der Waals surface area contributed by atoms with Gasteiger partial charge in [-0.2, -0.15) is 5.26 Å². The third-order valence-electron chi connectivity index (χ3n) is 2.08. The predicted octanol–water partition coefficient (Wildman–Crippen LogP) is 2.39. The van der Waals surface area contributed by atoms with E-state index < -0.39 is 0 Å². The maximum absolute atomic E-state index is 8.73. The van der Waals surface area contributed by atoms with E-state index in [2.05, 4.69) is 24.9 Å². The van der Waals surface area contributed by atoms with Crippen molar-refractivity contribution in [2.75, 3.05) is 6.54 Å². The van der Waals surface area contributed by atoms with Crippen LogP contribution in [0.1, 0.15) is 24.1 Å². The first-order valence-corrected chi connectivity index (χ1v) is 4.62. The minimum absolute atomic E-state index is 0.251. The highest BCUT2D eigenvalue weighted by Crippen LogP contribution is 2.13. The first-order chi connectivity index (χ1) is 6.77. The average Bonchev–Trinajstić information content (AvgIpc) is 2.26. The molecule has 0 aliphatic rings. The zero-order valence-electron chi connectivity index (χ0n) is 8.33. The van der Waals surface area contributed by atoms with Gasteiger partial charge in [0.1, 0.15) is 0 Å². The fourth-order valence-electron chi connectivity index (χ4n) is 1.26. The van der Waals surface area contributed by atoms with Crippen LogP contribution in [0.15, 0.2) is 36.9 Å². The van der Waals surface area contributed by atoms with Gasteiger partial charge in [-0.15, -0.1) is 6.58 Å². The molecule has 1 atom stereocenters. The SMILES string of the molecule is C=CCNC(C)c1cccc(C#N)c1. The molecule has 0 spiro atoms. The number of hydrogen-bond donors (Lipinski definition) is 1. The van der Waals surface area contributed by atoms with Crippen LogP contribution in [0.2, 0.25) is 0 Å². The van der Waals surface area contributed by atoms with Gasteiger partial charge in [0, 0.05) is 12.6 Å². The van der Waals surface area contributed by atoms with Crippen LogP contribution < -0.4 is 5.32 Å². The lowest BCUT2D eigenvalue weighted by Crippen LogP contribution is -2.18. The number of nitrogens with one attached hydrogen (secondary N) is 1. The Morgan fingerprint density at radius 1 is 1.64 bits per heavy atom. The van der Waals surface area contributed by atoms with Gasteiger partial charge in [-0.1, -0.05) is 18.2 Å². The van der Waals surface area contributed by atoms with Crippen molar-refractivity contribution in [3.8, 4) is 6.07 Å². The van der Waals surface area contributed by atoms with Crippen LogP contribution in [0, 0.1) is 11.3 Å². The van der Waals surface area contributed by atoms with E-state index in [0.29, 0.717) is 5.56 Å². The molecule has 1 unspecified atom stereocenters. The summed E-state index contributed by atoms with van der Waals surface area (Å²) in [4.78, 5) is 0. The molecule has 0 heterocycles. The molecule has 2 heteroatoms. The number of nitriles is 1. The van der Waals surface area contributed by atoms with E-state index in [1.165, 1.54) is 0 Å². The summed E-state index contributed by atoms with van der Waals surface area (Å²) in [5.41, 5.74) is 1.83. The molecule has 0 radical (unpaired) electrons. The van der Waals surface area contributed by atoms with E-state index >= 15 is 0 Å². The Balaban J connectivity index is 2.74. The smallest absolute Gasteiger partial charge is 0.0991 e. The van der Waals surface area contributed by atoms with E-state index in [4.69, 9.17) is 5.26 Å². The van der Waals surface area contributed by atoms with Gasteiger partial charge in [0.2, 0.25) is 0 Å². The number of rotatable bonds is 4. The molecule has 0 aromatic heterocycles. The second-order valence-corrected chi connectivity index (χ2v) is 3.16. The molecule has 14 heavy (non-hydrogen) atoms. The van der Waals surface area contributed by atoms with E-state index in [9.17, 15) is 0 Å². The van der Waals surface area contributed by atoms with Gasteiger partial charge in [-0.25, -0.2) is 0 Å². The lowest BCUT2D eigenvalue weighted by atomic mass is 10.1. The summed E-state index contributed by atoms with van der Waals surface area (Å²) in [6, 6.07) is 10.0. The molecule has 0 amide bonds. The largest absolute Gasteiger partial charge is 0.307 e. The highest BCUT2D eigenvalue weighted by atomic mass is 14.9. The molecule has 72 valence electrons. The lowest BCUT2D eigenvalue weighted by molar-refractivity contribution is 0.617. The fourth-order valence-corrected chi connectivity index (χ4v) is 1.26. The number of hydrogen-bond acceptors (Lipinski definition) is 2. The topological polar surface area (TPSA) is 35.8 Å². The number of benzene rings is 1. The second-order valence-electron chi connectivity index (χ2n) is 3.16. The summed E-state index contributed by atoms with van der Waals surface area (Å²) in [5, 5.41) is 12.0. The van der Waals surface area contributed by atoms with Crippen molar-refractivity contribution in [1.29, 1.82) is 5.26 Å². The summed E-state index contributed by atoms with van der Waals surface area (Å²) >= 11 is 0. The maximum Gasteiger partial charge on any atom is 0.0991 e. The molecule has 1 aromatic carbocycles. The van der Waals surface area contributed by atoms with Crippen LogP contribution in [-0.4, -0.2) is 6.54 Å². The summed E-state index contributed by atoms with van der Waals surface area (Å²) in [7, 11) is 0. The van der Waals surface area contributed by atoms with Gasteiger partial charge in [0.15, 0.2) is 0 Å². The summed E-state index contributed by atoms with van der Waals surface area (Å²) in [6.45, 7) is 6.49. The Hall–Kier alpha value is -1.59. The van der Waals surface area contributed by atoms with Crippen molar-refractivity contribution in [3.05, 3.63) is 48.0 Å². The molecule has 1 rings (SSSR count). The zero-order valence-corrected chi connectivity index (χ0v) is 8.33. The first kappa shape index (κ1) is 10.5. The van der Waals surface area contributed by atoms with E-state index in [0.717, 1.165) is 12.1 Å². The van der Waals surface area contributed by atoms with Gasteiger partial charge in [-0.3, -0.25) is 0 Å². The van der Waals surface area contributed by atoms with Crippen molar-refractivity contribution in [3.63, 3.8) is 0 Å². The zero-order chi connectivity index (χ0) is 10.4. The van der Waals surface area contributed by atoms with Crippen molar-refractivity contribution in [2.45, 2.75) is 13.0 Å². The molecule has 0 saturated heterocycles. The Bertz CT molecular complexity index is 350. The highest BCUT2D eigenvalue weighted by molar-refractivity contribution is 5.34. The monoisotopic (exact) mass is 186 g/mol. The minimum atomic E-state index is 0.251. The summed E-state index contributed by atoms with van der Waals surface area (Å²) < 4.78 is 0. The van der Waals surface area contributed by atoms with Gasteiger partial charge < -0.3 is 5.32 Å². The molecule has 0 aliphatic heterocycles. The lowest BCUT2D eigenvalue weighted by Gasteiger charge is -2.12. The van der Waals surface area contributed by atoms with E-state index in [1.54, 1.807) is 0 Å². The molecule has 0 saturated carbocycles. The van der Waals surface area contributed by atoms with Crippen LogP contribution in [0.5, 0.6) is 0 Å². The Labute approximate surface area is 84.9 Å². The third kappa shape index (κ3) is 2.72. The summed E-state index contributed by atoms with van der Waals surface area (Å²) in [6.07, 6.45) is 1.82. The van der Waals surface area contributed by atoms with Crippen molar-refractivity contribution >= 4 is 0 Å². The van der Waals surface area contributed by atoms with E-state index in [1.807, 2.05) is 30.3 Å². The Kier molecular flexibility index (Phi) is 3.90. The fraction of sp³-hybridized carbons (Fsp3) is 0.250. The minimum Gasteiger partial charge on any atom is -0.307 e. The molecule has 0 fully saturated rings. The normalized spacial score (nSPS) is 11.7. The van der Waals surface area contributed by atoms with Crippen LogP contribution in [0.3, 0.4) is 0 Å². The summed E-state index contributed by atoms with van der Waals surface area (Å²) in [5.74, 6) is 0. The highest BCUT2D eigenvalue weighted by Gasteiger charge is 2.03. The van der Waals surface area contributed by atoms with Crippen molar-refractivity contribution in [1.82, 2.24) is 5.32 Å². The molecule has 1 aromatic rings. The van der Waals surface area contributed by atoms with Crippen LogP contribution in [0.25, 0.3) is 0 Å². The van der Waals surface area contributed by atoms with Crippen LogP contribution >= 0.6 is 0 Å². The van der Waals surface area contributed by atoms with Gasteiger partial charge in [-0.05, 0) is 24.6 Å². The second kappa shape index (κ2) is 5.21. The van der Waals surface area contributed by atoms with Gasteiger partial charge >= 0.3 is 0 Å².